The molecule has 1 atom stereocenters. The van der Waals surface area contributed by atoms with Gasteiger partial charge in [-0.05, 0) is 24.7 Å². The van der Waals surface area contributed by atoms with Crippen LogP contribution >= 0.6 is 0 Å². The summed E-state index contributed by atoms with van der Waals surface area (Å²) in [5.41, 5.74) is 3.18. The van der Waals surface area contributed by atoms with E-state index in [4.69, 9.17) is 10.6 Å². The second kappa shape index (κ2) is 7.21. The summed E-state index contributed by atoms with van der Waals surface area (Å²) < 4.78 is 5.46. The Morgan fingerprint density at radius 1 is 1.36 bits per heavy atom. The van der Waals surface area contributed by atoms with Crippen molar-refractivity contribution in [1.82, 2.24) is 5.43 Å². The zero-order valence-electron chi connectivity index (χ0n) is 10.1. The average Bonchev–Trinajstić information content (AvgIpc) is 2.09. The highest BCUT2D eigenvalue weighted by Gasteiger charge is 2.14. The third kappa shape index (κ3) is 8.48. The van der Waals surface area contributed by atoms with E-state index in [1.54, 1.807) is 0 Å². The van der Waals surface area contributed by atoms with Crippen LogP contribution in [-0.2, 0) is 4.74 Å². The largest absolute Gasteiger partial charge is 0.380 e. The highest BCUT2D eigenvalue weighted by molar-refractivity contribution is 4.69. The number of nitrogens with two attached hydrogens (primary N) is 1. The van der Waals surface area contributed by atoms with Gasteiger partial charge in [-0.3, -0.25) is 11.3 Å². The molecule has 1 unspecified atom stereocenters. The minimum absolute atomic E-state index is 0.292. The highest BCUT2D eigenvalue weighted by Crippen LogP contribution is 2.21. The van der Waals surface area contributed by atoms with E-state index in [0.29, 0.717) is 11.5 Å². The Balaban J connectivity index is 3.58. The normalized spacial score (nSPS) is 14.4. The van der Waals surface area contributed by atoms with Crippen molar-refractivity contribution in [2.75, 3.05) is 13.2 Å². The van der Waals surface area contributed by atoms with Gasteiger partial charge in [0.25, 0.3) is 0 Å². The van der Waals surface area contributed by atoms with Gasteiger partial charge in [-0.2, -0.15) is 0 Å². The van der Waals surface area contributed by atoms with Crippen LogP contribution in [0.3, 0.4) is 0 Å². The summed E-state index contributed by atoms with van der Waals surface area (Å²) in [6.07, 6.45) is 3.30. The summed E-state index contributed by atoms with van der Waals surface area (Å²) in [7, 11) is 0. The first-order chi connectivity index (χ1) is 6.49. The molecule has 86 valence electrons. The van der Waals surface area contributed by atoms with Gasteiger partial charge in [0.15, 0.2) is 0 Å². The number of hydrogen-bond donors (Lipinski definition) is 2. The number of hydrogen-bond acceptors (Lipinski definition) is 3. The number of nitrogens with one attached hydrogen (secondary N) is 1. The Morgan fingerprint density at radius 2 is 2.00 bits per heavy atom. The van der Waals surface area contributed by atoms with Crippen LogP contribution in [-0.4, -0.2) is 19.3 Å². The molecular weight excluding hydrogens is 176 g/mol. The van der Waals surface area contributed by atoms with Gasteiger partial charge < -0.3 is 4.74 Å². The van der Waals surface area contributed by atoms with Gasteiger partial charge in [0, 0.05) is 12.6 Å². The van der Waals surface area contributed by atoms with E-state index >= 15 is 0 Å². The molecule has 0 saturated heterocycles. The van der Waals surface area contributed by atoms with Crippen molar-refractivity contribution in [3.05, 3.63) is 0 Å². The van der Waals surface area contributed by atoms with Gasteiger partial charge in [-0.15, -0.1) is 0 Å². The molecule has 0 spiro atoms. The van der Waals surface area contributed by atoms with Crippen molar-refractivity contribution in [2.24, 2.45) is 11.3 Å². The monoisotopic (exact) mass is 202 g/mol. The molecule has 0 aliphatic heterocycles. The maximum atomic E-state index is 5.46. The van der Waals surface area contributed by atoms with Gasteiger partial charge in [-0.25, -0.2) is 0 Å². The van der Waals surface area contributed by atoms with Crippen LogP contribution in [0.5, 0.6) is 0 Å². The van der Waals surface area contributed by atoms with Crippen molar-refractivity contribution < 1.29 is 4.74 Å². The summed E-state index contributed by atoms with van der Waals surface area (Å²) in [5.74, 6) is 5.45. The Bertz CT molecular complexity index is 132. The first-order valence-electron chi connectivity index (χ1n) is 5.53. The predicted molar refractivity (Wildman–Crippen MR) is 60.9 cm³/mol. The quantitative estimate of drug-likeness (QED) is 0.377. The van der Waals surface area contributed by atoms with Crippen LogP contribution in [0.4, 0.5) is 0 Å². The van der Waals surface area contributed by atoms with Gasteiger partial charge in [0.2, 0.25) is 0 Å². The molecule has 0 fully saturated rings. The molecule has 3 heteroatoms. The molecule has 0 aromatic heterocycles. The molecule has 0 aliphatic rings. The molecule has 0 radical (unpaired) electrons. The zero-order chi connectivity index (χ0) is 11.0. The van der Waals surface area contributed by atoms with Crippen LogP contribution in [0.1, 0.15) is 47.0 Å². The molecule has 3 N–H and O–H groups in total. The van der Waals surface area contributed by atoms with E-state index < -0.39 is 0 Å². The smallest absolute Gasteiger partial charge is 0.0633 e. The molecule has 14 heavy (non-hydrogen) atoms. The Kier molecular flexibility index (Phi) is 7.15. The summed E-state index contributed by atoms with van der Waals surface area (Å²) >= 11 is 0. The SMILES string of the molecule is CCCOCC(CCC(C)(C)C)NN. The van der Waals surface area contributed by atoms with Crippen molar-refractivity contribution >= 4 is 0 Å². The van der Waals surface area contributed by atoms with Crippen LogP contribution in [0.25, 0.3) is 0 Å². The molecule has 3 nitrogen and oxygen atoms in total. The molecule has 0 bridgehead atoms. The van der Waals surface area contributed by atoms with Crippen molar-refractivity contribution in [2.45, 2.75) is 53.0 Å². The molecule has 0 heterocycles. The Hall–Kier alpha value is -0.120. The maximum absolute atomic E-state index is 5.46. The summed E-state index contributed by atoms with van der Waals surface area (Å²) in [6, 6.07) is 0.292. The van der Waals surface area contributed by atoms with Gasteiger partial charge in [0.1, 0.15) is 0 Å². The predicted octanol–water partition coefficient (Wildman–Crippen LogP) is 2.07. The summed E-state index contributed by atoms with van der Waals surface area (Å²) in [4.78, 5) is 0. The average molecular weight is 202 g/mol. The minimum Gasteiger partial charge on any atom is -0.380 e. The fourth-order valence-electron chi connectivity index (χ4n) is 1.19. The van der Waals surface area contributed by atoms with Crippen LogP contribution in [0.2, 0.25) is 0 Å². The lowest BCUT2D eigenvalue weighted by Crippen LogP contribution is -2.39. The number of ether oxygens (including phenoxy) is 1. The van der Waals surface area contributed by atoms with Crippen molar-refractivity contribution in [3.8, 4) is 0 Å². The van der Waals surface area contributed by atoms with Crippen LogP contribution < -0.4 is 11.3 Å². The highest BCUT2D eigenvalue weighted by atomic mass is 16.5. The Morgan fingerprint density at radius 3 is 2.43 bits per heavy atom. The fourth-order valence-corrected chi connectivity index (χ4v) is 1.19. The van der Waals surface area contributed by atoms with Crippen molar-refractivity contribution in [1.29, 1.82) is 0 Å². The van der Waals surface area contributed by atoms with Gasteiger partial charge >= 0.3 is 0 Å². The number of hydrazine groups is 1. The van der Waals surface area contributed by atoms with E-state index in [-0.39, 0.29) is 0 Å². The van der Waals surface area contributed by atoms with E-state index in [0.717, 1.165) is 32.5 Å². The van der Waals surface area contributed by atoms with Crippen LogP contribution in [0, 0.1) is 5.41 Å². The van der Waals surface area contributed by atoms with E-state index in [1.165, 1.54) is 0 Å². The van der Waals surface area contributed by atoms with Gasteiger partial charge in [0.05, 0.1) is 6.61 Å². The summed E-state index contributed by atoms with van der Waals surface area (Å²) in [6.45, 7) is 10.4. The lowest BCUT2D eigenvalue weighted by molar-refractivity contribution is 0.105. The third-order valence-electron chi connectivity index (χ3n) is 2.15. The van der Waals surface area contributed by atoms with E-state index in [9.17, 15) is 0 Å². The fraction of sp³-hybridized carbons (Fsp3) is 1.00. The molecule has 0 aromatic rings. The van der Waals surface area contributed by atoms with E-state index in [1.807, 2.05) is 0 Å². The second-order valence-electron chi connectivity index (χ2n) is 5.04. The first-order valence-corrected chi connectivity index (χ1v) is 5.53. The molecule has 0 saturated carbocycles. The summed E-state index contributed by atoms with van der Waals surface area (Å²) in [5, 5.41) is 0. The third-order valence-corrected chi connectivity index (χ3v) is 2.15. The molecular formula is C11H26N2O. The molecule has 0 rings (SSSR count). The van der Waals surface area contributed by atoms with Crippen molar-refractivity contribution in [3.63, 3.8) is 0 Å². The van der Waals surface area contributed by atoms with E-state index in [2.05, 4.69) is 33.1 Å². The standard InChI is InChI=1S/C11H26N2O/c1-5-8-14-9-10(13-12)6-7-11(2,3)4/h10,13H,5-9,12H2,1-4H3. The van der Waals surface area contributed by atoms with Gasteiger partial charge in [-0.1, -0.05) is 27.7 Å². The minimum atomic E-state index is 0.292. The first kappa shape index (κ1) is 13.9. The molecule has 0 aromatic carbocycles. The molecule has 0 amide bonds. The topological polar surface area (TPSA) is 47.3 Å². The lowest BCUT2D eigenvalue weighted by Gasteiger charge is -2.22. The zero-order valence-corrected chi connectivity index (χ0v) is 10.1. The lowest BCUT2D eigenvalue weighted by atomic mass is 9.89. The Labute approximate surface area is 88.4 Å². The maximum Gasteiger partial charge on any atom is 0.0633 e. The second-order valence-corrected chi connectivity index (χ2v) is 5.04. The van der Waals surface area contributed by atoms with Crippen LogP contribution in [0.15, 0.2) is 0 Å². The number of rotatable bonds is 7. The molecule has 0 aliphatic carbocycles.